The van der Waals surface area contributed by atoms with E-state index >= 15 is 0 Å². The molecule has 2 N–H and O–H groups in total. The van der Waals surface area contributed by atoms with Gasteiger partial charge in [-0.1, -0.05) is 52.0 Å². The van der Waals surface area contributed by atoms with E-state index < -0.39 is 17.9 Å². The minimum Gasteiger partial charge on any atom is -0.483 e. The van der Waals surface area contributed by atoms with Gasteiger partial charge in [0.2, 0.25) is 0 Å². The zero-order chi connectivity index (χ0) is 23.0. The highest BCUT2D eigenvalue weighted by Crippen LogP contribution is 2.30. The Morgan fingerprint density at radius 1 is 1.00 bits per heavy atom. The van der Waals surface area contributed by atoms with Gasteiger partial charge in [-0.3, -0.25) is 20.4 Å². The third kappa shape index (κ3) is 7.28. The molecule has 31 heavy (non-hydrogen) atoms. The van der Waals surface area contributed by atoms with E-state index in [0.717, 1.165) is 16.5 Å². The molecule has 7 heteroatoms. The molecule has 2 aromatic rings. The number of hydrogen-bond donors (Lipinski definition) is 2. The summed E-state index contributed by atoms with van der Waals surface area (Å²) in [6, 6.07) is 13.4. The first-order chi connectivity index (χ1) is 14.7. The van der Waals surface area contributed by atoms with Crippen molar-refractivity contribution in [3.63, 3.8) is 0 Å². The van der Waals surface area contributed by atoms with Crippen LogP contribution in [0.1, 0.15) is 64.0 Å². The molecule has 0 aliphatic carbocycles. The van der Waals surface area contributed by atoms with Gasteiger partial charge in [0.1, 0.15) is 11.5 Å². The number of nitrogens with one attached hydrogen (secondary N) is 2. The molecule has 2 atom stereocenters. The van der Waals surface area contributed by atoms with Gasteiger partial charge in [-0.05, 0) is 70.4 Å². The van der Waals surface area contributed by atoms with E-state index in [9.17, 15) is 9.59 Å². The van der Waals surface area contributed by atoms with Gasteiger partial charge in [0, 0.05) is 0 Å². The van der Waals surface area contributed by atoms with Gasteiger partial charge < -0.3 is 9.47 Å². The first-order valence-electron chi connectivity index (χ1n) is 10.5. The second kappa shape index (κ2) is 11.7. The predicted octanol–water partition coefficient (Wildman–Crippen LogP) is 5.08. The molecule has 0 bridgehead atoms. The molecule has 0 aromatic heterocycles. The first kappa shape index (κ1) is 24.7. The fraction of sp³-hybridized carbons (Fsp3) is 0.417. The van der Waals surface area contributed by atoms with Crippen molar-refractivity contribution in [2.75, 3.05) is 6.61 Å². The highest BCUT2D eigenvalue weighted by Gasteiger charge is 2.18. The van der Waals surface area contributed by atoms with Crippen LogP contribution in [0.4, 0.5) is 0 Å². The van der Waals surface area contributed by atoms with E-state index in [1.54, 1.807) is 6.92 Å². The maximum absolute atomic E-state index is 12.3. The number of rotatable bonds is 9. The molecule has 0 aliphatic rings. The second-order valence-corrected chi connectivity index (χ2v) is 8.63. The van der Waals surface area contributed by atoms with Crippen molar-refractivity contribution >= 4 is 27.7 Å². The van der Waals surface area contributed by atoms with Crippen molar-refractivity contribution in [1.29, 1.82) is 0 Å². The number of halogens is 1. The van der Waals surface area contributed by atoms with Gasteiger partial charge in [-0.2, -0.15) is 0 Å². The van der Waals surface area contributed by atoms with E-state index in [4.69, 9.17) is 9.47 Å². The van der Waals surface area contributed by atoms with Crippen molar-refractivity contribution in [2.24, 2.45) is 0 Å². The lowest BCUT2D eigenvalue weighted by Crippen LogP contribution is -2.48. The summed E-state index contributed by atoms with van der Waals surface area (Å²) in [7, 11) is 0. The lowest BCUT2D eigenvalue weighted by molar-refractivity contribution is -0.133. The molecule has 2 unspecified atom stereocenters. The minimum atomic E-state index is -0.774. The highest BCUT2D eigenvalue weighted by molar-refractivity contribution is 9.10. The molecule has 168 valence electrons. The molecular weight excluding hydrogens is 460 g/mol. The SMILES string of the molecule is CCC(C)c1ccccc1OC(C)C(=O)NNC(=O)COc1ccc(C(C)C)cc1Br. The summed E-state index contributed by atoms with van der Waals surface area (Å²) in [5, 5.41) is 0. The number of amides is 2. The monoisotopic (exact) mass is 490 g/mol. The van der Waals surface area contributed by atoms with Crippen LogP contribution in [0.15, 0.2) is 46.9 Å². The summed E-state index contributed by atoms with van der Waals surface area (Å²) in [6.45, 7) is 9.83. The van der Waals surface area contributed by atoms with E-state index in [1.165, 1.54) is 5.56 Å². The van der Waals surface area contributed by atoms with Crippen LogP contribution in [0.2, 0.25) is 0 Å². The molecule has 2 aromatic carbocycles. The van der Waals surface area contributed by atoms with Crippen LogP contribution in [-0.2, 0) is 9.59 Å². The molecule has 2 amide bonds. The van der Waals surface area contributed by atoms with Gasteiger partial charge in [0.05, 0.1) is 4.47 Å². The van der Waals surface area contributed by atoms with Crippen LogP contribution >= 0.6 is 15.9 Å². The lowest BCUT2D eigenvalue weighted by Gasteiger charge is -2.19. The van der Waals surface area contributed by atoms with Crippen LogP contribution in [0.5, 0.6) is 11.5 Å². The maximum atomic E-state index is 12.3. The number of hydrazine groups is 1. The Hall–Kier alpha value is -2.54. The van der Waals surface area contributed by atoms with Crippen LogP contribution in [0.25, 0.3) is 0 Å². The van der Waals surface area contributed by atoms with Crippen molar-refractivity contribution < 1.29 is 19.1 Å². The summed E-state index contributed by atoms with van der Waals surface area (Å²) in [6.07, 6.45) is 0.192. The smallest absolute Gasteiger partial charge is 0.279 e. The minimum absolute atomic E-state index is 0.230. The highest BCUT2D eigenvalue weighted by atomic mass is 79.9. The van der Waals surface area contributed by atoms with E-state index in [0.29, 0.717) is 23.3 Å². The summed E-state index contributed by atoms with van der Waals surface area (Å²) < 4.78 is 12.1. The van der Waals surface area contributed by atoms with Crippen LogP contribution < -0.4 is 20.3 Å². The van der Waals surface area contributed by atoms with Crippen molar-refractivity contribution in [1.82, 2.24) is 10.9 Å². The van der Waals surface area contributed by atoms with Crippen molar-refractivity contribution in [2.45, 2.75) is 59.0 Å². The Kier molecular flexibility index (Phi) is 9.37. The van der Waals surface area contributed by atoms with Crippen molar-refractivity contribution in [3.8, 4) is 11.5 Å². The molecule has 2 rings (SSSR count). The fourth-order valence-electron chi connectivity index (χ4n) is 2.86. The second-order valence-electron chi connectivity index (χ2n) is 7.78. The Balaban J connectivity index is 1.84. The molecule has 0 saturated carbocycles. The standard InChI is InChI=1S/C24H31BrN2O4/c1-6-16(4)19-9-7-8-10-21(19)31-17(5)24(29)27-26-23(28)14-30-22-12-11-18(15(2)3)13-20(22)25/h7-13,15-17H,6,14H2,1-5H3,(H,26,28)(H,27,29). The van der Waals surface area contributed by atoms with Crippen molar-refractivity contribution in [3.05, 3.63) is 58.1 Å². The molecule has 0 radical (unpaired) electrons. The largest absolute Gasteiger partial charge is 0.483 e. The van der Waals surface area contributed by atoms with Gasteiger partial charge in [-0.25, -0.2) is 0 Å². The molecule has 0 aliphatic heterocycles. The maximum Gasteiger partial charge on any atom is 0.279 e. The third-order valence-electron chi connectivity index (χ3n) is 5.04. The Bertz CT molecular complexity index is 901. The van der Waals surface area contributed by atoms with E-state index in [-0.39, 0.29) is 6.61 Å². The number of ether oxygens (including phenoxy) is 2. The first-order valence-corrected chi connectivity index (χ1v) is 11.3. The normalized spacial score (nSPS) is 12.7. The van der Waals surface area contributed by atoms with E-state index in [1.807, 2.05) is 42.5 Å². The summed E-state index contributed by atoms with van der Waals surface area (Å²) in [5.41, 5.74) is 6.96. The molecule has 0 saturated heterocycles. The number of carbonyl (C=O) groups is 2. The zero-order valence-corrected chi connectivity index (χ0v) is 20.3. The average molecular weight is 491 g/mol. The van der Waals surface area contributed by atoms with Gasteiger partial charge in [0.15, 0.2) is 12.7 Å². The summed E-state index contributed by atoms with van der Waals surface area (Å²) in [5.74, 6) is 1.02. The molecule has 0 heterocycles. The average Bonchev–Trinajstić information content (AvgIpc) is 2.76. The molecule has 6 nitrogen and oxygen atoms in total. The van der Waals surface area contributed by atoms with Crippen LogP contribution in [0, 0.1) is 0 Å². The fourth-order valence-corrected chi connectivity index (χ4v) is 3.38. The zero-order valence-electron chi connectivity index (χ0n) is 18.7. The van der Waals surface area contributed by atoms with Gasteiger partial charge >= 0.3 is 0 Å². The van der Waals surface area contributed by atoms with Crippen LogP contribution in [0.3, 0.4) is 0 Å². The summed E-state index contributed by atoms with van der Waals surface area (Å²) in [4.78, 5) is 24.4. The topological polar surface area (TPSA) is 76.7 Å². The quantitative estimate of drug-likeness (QED) is 0.480. The number of benzene rings is 2. The van der Waals surface area contributed by atoms with Gasteiger partial charge in [0.25, 0.3) is 11.8 Å². The third-order valence-corrected chi connectivity index (χ3v) is 5.66. The summed E-state index contributed by atoms with van der Waals surface area (Å²) >= 11 is 3.46. The lowest BCUT2D eigenvalue weighted by atomic mass is 9.98. The van der Waals surface area contributed by atoms with E-state index in [2.05, 4.69) is 54.5 Å². The molecular formula is C24H31BrN2O4. The number of para-hydroxylation sites is 1. The Labute approximate surface area is 192 Å². The number of carbonyl (C=O) groups excluding carboxylic acids is 2. The van der Waals surface area contributed by atoms with Gasteiger partial charge in [-0.15, -0.1) is 0 Å². The Morgan fingerprint density at radius 2 is 1.71 bits per heavy atom. The molecule has 0 spiro atoms. The van der Waals surface area contributed by atoms with Crippen LogP contribution in [-0.4, -0.2) is 24.5 Å². The Morgan fingerprint density at radius 3 is 2.35 bits per heavy atom. The number of hydrogen-bond acceptors (Lipinski definition) is 4. The molecule has 0 fully saturated rings. The predicted molar refractivity (Wildman–Crippen MR) is 125 cm³/mol.